The summed E-state index contributed by atoms with van der Waals surface area (Å²) in [7, 11) is 0. The molecule has 110 valence electrons. The van der Waals surface area contributed by atoms with Gasteiger partial charge in [0.25, 0.3) is 5.69 Å². The van der Waals surface area contributed by atoms with Crippen LogP contribution in [0.2, 0.25) is 0 Å². The van der Waals surface area contributed by atoms with Crippen LogP contribution in [-0.4, -0.2) is 22.9 Å². The molecule has 1 rings (SSSR count). The molecule has 0 aliphatic rings. The first-order valence-electron chi connectivity index (χ1n) is 6.45. The predicted molar refractivity (Wildman–Crippen MR) is 77.4 cm³/mol. The summed E-state index contributed by atoms with van der Waals surface area (Å²) in [5, 5.41) is 16.7. The first kappa shape index (κ1) is 16.1. The van der Waals surface area contributed by atoms with Gasteiger partial charge in [0.2, 0.25) is 5.91 Å². The van der Waals surface area contributed by atoms with Gasteiger partial charge in [-0.05, 0) is 33.3 Å². The fraction of sp³-hybridized carbons (Fsp3) is 0.500. The van der Waals surface area contributed by atoms with Crippen molar-refractivity contribution in [3.8, 4) is 0 Å². The molecule has 6 heteroatoms. The monoisotopic (exact) mass is 279 g/mol. The van der Waals surface area contributed by atoms with E-state index >= 15 is 0 Å². The minimum atomic E-state index is -0.398. The van der Waals surface area contributed by atoms with Gasteiger partial charge in [0.15, 0.2) is 0 Å². The van der Waals surface area contributed by atoms with Gasteiger partial charge in [-0.3, -0.25) is 14.9 Å². The second kappa shape index (κ2) is 6.47. The lowest BCUT2D eigenvalue weighted by atomic mass is 10.1. The Morgan fingerprint density at radius 2 is 2.00 bits per heavy atom. The highest BCUT2D eigenvalue weighted by atomic mass is 16.6. The van der Waals surface area contributed by atoms with Crippen molar-refractivity contribution in [3.05, 3.63) is 39.4 Å². The molecule has 0 saturated carbocycles. The average molecular weight is 279 g/mol. The van der Waals surface area contributed by atoms with Crippen LogP contribution in [0.25, 0.3) is 0 Å². The smallest absolute Gasteiger partial charge is 0.272 e. The first-order chi connectivity index (χ1) is 9.20. The summed E-state index contributed by atoms with van der Waals surface area (Å²) >= 11 is 0. The molecule has 1 amide bonds. The number of hydrogen-bond donors (Lipinski definition) is 2. The van der Waals surface area contributed by atoms with Gasteiger partial charge in [0.1, 0.15) is 0 Å². The topological polar surface area (TPSA) is 84.3 Å². The second-order valence-corrected chi connectivity index (χ2v) is 5.72. The Bertz CT molecular complexity index is 507. The third-order valence-corrected chi connectivity index (χ3v) is 2.73. The molecule has 0 spiro atoms. The summed E-state index contributed by atoms with van der Waals surface area (Å²) in [5.41, 5.74) is 1.28. The molecule has 20 heavy (non-hydrogen) atoms. The van der Waals surface area contributed by atoms with Crippen LogP contribution in [-0.2, 0) is 11.3 Å². The van der Waals surface area contributed by atoms with Crippen molar-refractivity contribution < 1.29 is 9.72 Å². The maximum absolute atomic E-state index is 11.6. The van der Waals surface area contributed by atoms with E-state index in [1.54, 1.807) is 13.0 Å². The Kier molecular flexibility index (Phi) is 5.21. The largest absolute Gasteiger partial charge is 0.350 e. The third kappa shape index (κ3) is 4.97. The molecule has 0 fully saturated rings. The van der Waals surface area contributed by atoms with E-state index in [9.17, 15) is 14.9 Å². The maximum Gasteiger partial charge on any atom is 0.272 e. The Labute approximate surface area is 118 Å². The van der Waals surface area contributed by atoms with Crippen LogP contribution in [0.15, 0.2) is 18.2 Å². The summed E-state index contributed by atoms with van der Waals surface area (Å²) in [5.74, 6) is -0.0967. The standard InChI is InChI=1S/C14H21N3O3/c1-10-11(6-5-7-12(10)17(19)20)8-15-9-13(18)16-14(2,3)4/h5-7,15H,8-9H2,1-4H3,(H,16,18). The van der Waals surface area contributed by atoms with Gasteiger partial charge in [0.05, 0.1) is 11.5 Å². The van der Waals surface area contributed by atoms with E-state index in [1.807, 2.05) is 26.8 Å². The van der Waals surface area contributed by atoms with Gasteiger partial charge in [-0.2, -0.15) is 0 Å². The van der Waals surface area contributed by atoms with Crippen molar-refractivity contribution in [2.45, 2.75) is 39.8 Å². The molecular formula is C14H21N3O3. The van der Waals surface area contributed by atoms with Crippen molar-refractivity contribution in [3.63, 3.8) is 0 Å². The number of rotatable bonds is 5. The van der Waals surface area contributed by atoms with Crippen LogP contribution in [0, 0.1) is 17.0 Å². The predicted octanol–water partition coefficient (Wildman–Crippen LogP) is 1.91. The van der Waals surface area contributed by atoms with Crippen molar-refractivity contribution in [2.24, 2.45) is 0 Å². The van der Waals surface area contributed by atoms with E-state index in [4.69, 9.17) is 0 Å². The van der Waals surface area contributed by atoms with E-state index < -0.39 is 4.92 Å². The van der Waals surface area contributed by atoms with Crippen molar-refractivity contribution in [1.82, 2.24) is 10.6 Å². The zero-order chi connectivity index (χ0) is 15.3. The van der Waals surface area contributed by atoms with Crippen LogP contribution < -0.4 is 10.6 Å². The molecule has 0 aliphatic heterocycles. The quantitative estimate of drug-likeness (QED) is 0.637. The lowest BCUT2D eigenvalue weighted by molar-refractivity contribution is -0.385. The molecule has 1 aromatic rings. The highest BCUT2D eigenvalue weighted by Crippen LogP contribution is 2.20. The number of nitrogens with zero attached hydrogens (tertiary/aromatic N) is 1. The number of carbonyl (C=O) groups is 1. The van der Waals surface area contributed by atoms with Crippen LogP contribution in [0.3, 0.4) is 0 Å². The van der Waals surface area contributed by atoms with E-state index in [2.05, 4.69) is 10.6 Å². The number of nitrogens with one attached hydrogen (secondary N) is 2. The molecule has 1 aromatic carbocycles. The Morgan fingerprint density at radius 3 is 2.55 bits per heavy atom. The zero-order valence-corrected chi connectivity index (χ0v) is 12.3. The van der Waals surface area contributed by atoms with E-state index in [0.29, 0.717) is 12.1 Å². The molecule has 0 unspecified atom stereocenters. The molecular weight excluding hydrogens is 258 g/mol. The highest BCUT2D eigenvalue weighted by molar-refractivity contribution is 5.78. The average Bonchev–Trinajstić information content (AvgIpc) is 2.28. The fourth-order valence-electron chi connectivity index (χ4n) is 1.83. The van der Waals surface area contributed by atoms with Gasteiger partial charge in [0, 0.05) is 23.7 Å². The van der Waals surface area contributed by atoms with Gasteiger partial charge >= 0.3 is 0 Å². The normalized spacial score (nSPS) is 11.2. The Hall–Kier alpha value is -1.95. The maximum atomic E-state index is 11.6. The van der Waals surface area contributed by atoms with Crippen molar-refractivity contribution >= 4 is 11.6 Å². The van der Waals surface area contributed by atoms with Crippen LogP contribution in [0.1, 0.15) is 31.9 Å². The second-order valence-electron chi connectivity index (χ2n) is 5.72. The van der Waals surface area contributed by atoms with Gasteiger partial charge in [-0.1, -0.05) is 12.1 Å². The van der Waals surface area contributed by atoms with Crippen molar-refractivity contribution in [2.75, 3.05) is 6.54 Å². The minimum Gasteiger partial charge on any atom is -0.350 e. The number of nitro benzene ring substituents is 1. The lowest BCUT2D eigenvalue weighted by Gasteiger charge is -2.20. The Morgan fingerprint density at radius 1 is 1.35 bits per heavy atom. The SMILES string of the molecule is Cc1c(CNCC(=O)NC(C)(C)C)cccc1[N+](=O)[O-]. The first-order valence-corrected chi connectivity index (χ1v) is 6.45. The summed E-state index contributed by atoms with van der Waals surface area (Å²) in [6, 6.07) is 4.94. The summed E-state index contributed by atoms with van der Waals surface area (Å²) in [6.45, 7) is 8.05. The number of nitro groups is 1. The summed E-state index contributed by atoms with van der Waals surface area (Å²) in [4.78, 5) is 22.1. The number of amides is 1. The summed E-state index contributed by atoms with van der Waals surface area (Å²) in [6.07, 6.45) is 0. The molecule has 2 N–H and O–H groups in total. The number of hydrogen-bond acceptors (Lipinski definition) is 4. The number of benzene rings is 1. The van der Waals surface area contributed by atoms with Crippen LogP contribution in [0.5, 0.6) is 0 Å². The van der Waals surface area contributed by atoms with Gasteiger partial charge < -0.3 is 10.6 Å². The molecule has 0 aliphatic carbocycles. The highest BCUT2D eigenvalue weighted by Gasteiger charge is 2.15. The number of carbonyl (C=O) groups excluding carboxylic acids is 1. The molecule has 0 aromatic heterocycles. The fourth-order valence-corrected chi connectivity index (χ4v) is 1.83. The van der Waals surface area contributed by atoms with Crippen LogP contribution in [0.4, 0.5) is 5.69 Å². The van der Waals surface area contributed by atoms with E-state index in [0.717, 1.165) is 5.56 Å². The minimum absolute atomic E-state index is 0.0967. The van der Waals surface area contributed by atoms with E-state index in [1.165, 1.54) is 6.07 Å². The molecule has 0 radical (unpaired) electrons. The molecule has 0 atom stereocenters. The molecule has 6 nitrogen and oxygen atoms in total. The lowest BCUT2D eigenvalue weighted by Crippen LogP contribution is -2.44. The zero-order valence-electron chi connectivity index (χ0n) is 12.3. The molecule has 0 saturated heterocycles. The summed E-state index contributed by atoms with van der Waals surface area (Å²) < 4.78 is 0. The molecule has 0 bridgehead atoms. The Balaban J connectivity index is 2.57. The van der Waals surface area contributed by atoms with E-state index in [-0.39, 0.29) is 23.7 Å². The van der Waals surface area contributed by atoms with Crippen molar-refractivity contribution in [1.29, 1.82) is 0 Å². The van der Waals surface area contributed by atoms with Crippen LogP contribution >= 0.6 is 0 Å². The molecule has 0 heterocycles. The van der Waals surface area contributed by atoms with Gasteiger partial charge in [-0.25, -0.2) is 0 Å². The van der Waals surface area contributed by atoms with Gasteiger partial charge in [-0.15, -0.1) is 0 Å². The third-order valence-electron chi connectivity index (χ3n) is 2.73.